The van der Waals surface area contributed by atoms with Crippen LogP contribution in [-0.2, 0) is 6.42 Å². The van der Waals surface area contributed by atoms with Crippen LogP contribution in [0.5, 0.6) is 0 Å². The van der Waals surface area contributed by atoms with E-state index in [0.717, 1.165) is 6.54 Å². The number of benzene rings is 1. The second kappa shape index (κ2) is 5.01. The van der Waals surface area contributed by atoms with E-state index in [4.69, 9.17) is 0 Å². The molecule has 0 saturated heterocycles. The summed E-state index contributed by atoms with van der Waals surface area (Å²) in [5.74, 6) is 0. The molecule has 0 amide bonds. The number of rotatable bonds is 6. The normalized spacial score (nSPS) is 17.4. The molecule has 1 aromatic carbocycles. The summed E-state index contributed by atoms with van der Waals surface area (Å²) in [5.41, 5.74) is 3.57. The summed E-state index contributed by atoms with van der Waals surface area (Å²) >= 11 is 0. The first-order chi connectivity index (χ1) is 7.76. The lowest BCUT2D eigenvalue weighted by atomic mass is 9.93. The van der Waals surface area contributed by atoms with Crippen LogP contribution in [0, 0.1) is 12.3 Å². The number of aryl methyl sites for hydroxylation is 1. The standard InChI is InChI=1S/C15H23N/c1-3-10-16-12-15(8-9-15)11-14-7-5-4-6-13(14)2/h4-7,16H,3,8-12H2,1-2H3. The Morgan fingerprint density at radius 1 is 1.25 bits per heavy atom. The second-order valence-electron chi connectivity index (χ2n) is 5.28. The van der Waals surface area contributed by atoms with Crippen LogP contribution < -0.4 is 5.32 Å². The lowest BCUT2D eigenvalue weighted by molar-refractivity contribution is 0.455. The van der Waals surface area contributed by atoms with Gasteiger partial charge in [0.15, 0.2) is 0 Å². The van der Waals surface area contributed by atoms with Crippen LogP contribution in [0.4, 0.5) is 0 Å². The molecule has 16 heavy (non-hydrogen) atoms. The van der Waals surface area contributed by atoms with E-state index in [2.05, 4.69) is 43.4 Å². The second-order valence-corrected chi connectivity index (χ2v) is 5.28. The molecule has 1 saturated carbocycles. The van der Waals surface area contributed by atoms with Gasteiger partial charge < -0.3 is 5.32 Å². The van der Waals surface area contributed by atoms with E-state index in [1.165, 1.54) is 37.8 Å². The largest absolute Gasteiger partial charge is 0.316 e. The Kier molecular flexibility index (Phi) is 3.65. The highest BCUT2D eigenvalue weighted by molar-refractivity contribution is 5.28. The molecule has 0 aliphatic heterocycles. The van der Waals surface area contributed by atoms with E-state index < -0.39 is 0 Å². The first-order valence-corrected chi connectivity index (χ1v) is 6.51. The van der Waals surface area contributed by atoms with E-state index in [-0.39, 0.29) is 0 Å². The highest BCUT2D eigenvalue weighted by atomic mass is 14.9. The Hall–Kier alpha value is -0.820. The fourth-order valence-electron chi connectivity index (χ4n) is 2.34. The van der Waals surface area contributed by atoms with Crippen molar-refractivity contribution in [1.29, 1.82) is 0 Å². The van der Waals surface area contributed by atoms with Crippen molar-refractivity contribution >= 4 is 0 Å². The average molecular weight is 217 g/mol. The van der Waals surface area contributed by atoms with Crippen LogP contribution in [0.3, 0.4) is 0 Å². The van der Waals surface area contributed by atoms with E-state index in [1.54, 1.807) is 5.56 Å². The topological polar surface area (TPSA) is 12.0 Å². The zero-order valence-corrected chi connectivity index (χ0v) is 10.6. The molecule has 1 aromatic rings. The molecule has 1 nitrogen and oxygen atoms in total. The predicted octanol–water partition coefficient (Wildman–Crippen LogP) is 3.32. The van der Waals surface area contributed by atoms with Gasteiger partial charge in [0.25, 0.3) is 0 Å². The zero-order valence-electron chi connectivity index (χ0n) is 10.6. The summed E-state index contributed by atoms with van der Waals surface area (Å²) in [6.45, 7) is 6.82. The van der Waals surface area contributed by atoms with Gasteiger partial charge in [-0.15, -0.1) is 0 Å². The molecule has 88 valence electrons. The zero-order chi connectivity index (χ0) is 11.4. The minimum atomic E-state index is 0.585. The van der Waals surface area contributed by atoms with Crippen LogP contribution in [0.1, 0.15) is 37.3 Å². The van der Waals surface area contributed by atoms with Gasteiger partial charge in [-0.3, -0.25) is 0 Å². The van der Waals surface area contributed by atoms with Gasteiger partial charge in [-0.2, -0.15) is 0 Å². The Morgan fingerprint density at radius 2 is 2.00 bits per heavy atom. The summed E-state index contributed by atoms with van der Waals surface area (Å²) < 4.78 is 0. The molecular formula is C15H23N. The van der Waals surface area contributed by atoms with E-state index in [0.29, 0.717) is 5.41 Å². The van der Waals surface area contributed by atoms with Gasteiger partial charge in [-0.05, 0) is 55.7 Å². The molecular weight excluding hydrogens is 194 g/mol. The maximum Gasteiger partial charge on any atom is 0.00110 e. The Labute approximate surface area is 99.3 Å². The van der Waals surface area contributed by atoms with Crippen molar-refractivity contribution in [3.63, 3.8) is 0 Å². The van der Waals surface area contributed by atoms with Crippen molar-refractivity contribution in [2.24, 2.45) is 5.41 Å². The maximum atomic E-state index is 3.58. The molecule has 0 heterocycles. The molecule has 2 rings (SSSR count). The van der Waals surface area contributed by atoms with Gasteiger partial charge in [0, 0.05) is 6.54 Å². The summed E-state index contributed by atoms with van der Waals surface area (Å²) in [4.78, 5) is 0. The van der Waals surface area contributed by atoms with Crippen molar-refractivity contribution in [1.82, 2.24) is 5.32 Å². The highest BCUT2D eigenvalue weighted by Crippen LogP contribution is 2.48. The molecule has 1 fully saturated rings. The molecule has 1 heteroatoms. The minimum Gasteiger partial charge on any atom is -0.316 e. The van der Waals surface area contributed by atoms with Crippen LogP contribution in [0.15, 0.2) is 24.3 Å². The lowest BCUT2D eigenvalue weighted by Crippen LogP contribution is -2.26. The summed E-state index contributed by atoms with van der Waals surface area (Å²) in [6, 6.07) is 8.81. The molecule has 0 bridgehead atoms. The summed E-state index contributed by atoms with van der Waals surface area (Å²) in [6.07, 6.45) is 5.30. The fraction of sp³-hybridized carbons (Fsp3) is 0.600. The quantitative estimate of drug-likeness (QED) is 0.721. The van der Waals surface area contributed by atoms with Crippen LogP contribution in [0.25, 0.3) is 0 Å². The number of hydrogen-bond acceptors (Lipinski definition) is 1. The number of hydrogen-bond donors (Lipinski definition) is 1. The van der Waals surface area contributed by atoms with Crippen LogP contribution in [0.2, 0.25) is 0 Å². The van der Waals surface area contributed by atoms with Crippen molar-refractivity contribution in [3.05, 3.63) is 35.4 Å². The molecule has 1 aliphatic carbocycles. The molecule has 1 aliphatic rings. The van der Waals surface area contributed by atoms with Gasteiger partial charge >= 0.3 is 0 Å². The molecule has 1 N–H and O–H groups in total. The van der Waals surface area contributed by atoms with Crippen molar-refractivity contribution < 1.29 is 0 Å². The van der Waals surface area contributed by atoms with Crippen LogP contribution in [-0.4, -0.2) is 13.1 Å². The van der Waals surface area contributed by atoms with Gasteiger partial charge in [-0.25, -0.2) is 0 Å². The molecule has 0 spiro atoms. The van der Waals surface area contributed by atoms with Crippen LogP contribution >= 0.6 is 0 Å². The first kappa shape index (κ1) is 11.7. The molecule has 0 atom stereocenters. The maximum absolute atomic E-state index is 3.58. The summed E-state index contributed by atoms with van der Waals surface area (Å²) in [5, 5.41) is 3.58. The first-order valence-electron chi connectivity index (χ1n) is 6.51. The van der Waals surface area contributed by atoms with Gasteiger partial charge in [0.2, 0.25) is 0 Å². The highest BCUT2D eigenvalue weighted by Gasteiger charge is 2.41. The third-order valence-electron chi connectivity index (χ3n) is 3.71. The Bertz CT molecular complexity index is 339. The fourth-order valence-corrected chi connectivity index (χ4v) is 2.34. The number of nitrogens with one attached hydrogen (secondary N) is 1. The predicted molar refractivity (Wildman–Crippen MR) is 69.7 cm³/mol. The monoisotopic (exact) mass is 217 g/mol. The molecule has 0 unspecified atom stereocenters. The van der Waals surface area contributed by atoms with Gasteiger partial charge in [0.05, 0.1) is 0 Å². The lowest BCUT2D eigenvalue weighted by Gasteiger charge is -2.17. The third-order valence-corrected chi connectivity index (χ3v) is 3.71. The van der Waals surface area contributed by atoms with E-state index >= 15 is 0 Å². The van der Waals surface area contributed by atoms with E-state index in [1.807, 2.05) is 0 Å². The molecule has 0 aromatic heterocycles. The Morgan fingerprint density at radius 3 is 2.62 bits per heavy atom. The molecule has 0 radical (unpaired) electrons. The van der Waals surface area contributed by atoms with Crippen molar-refractivity contribution in [2.45, 2.75) is 39.5 Å². The SMILES string of the molecule is CCCNCC1(Cc2ccccc2C)CC1. The minimum absolute atomic E-state index is 0.585. The third kappa shape index (κ3) is 2.85. The van der Waals surface area contributed by atoms with Crippen molar-refractivity contribution in [2.75, 3.05) is 13.1 Å². The van der Waals surface area contributed by atoms with Gasteiger partial charge in [0.1, 0.15) is 0 Å². The smallest absolute Gasteiger partial charge is 0.00110 e. The average Bonchev–Trinajstić information content (AvgIpc) is 3.03. The Balaban J connectivity index is 1.91. The van der Waals surface area contributed by atoms with Gasteiger partial charge in [-0.1, -0.05) is 31.2 Å². The van der Waals surface area contributed by atoms with Crippen molar-refractivity contribution in [3.8, 4) is 0 Å². The summed E-state index contributed by atoms with van der Waals surface area (Å²) in [7, 11) is 0. The van der Waals surface area contributed by atoms with E-state index in [9.17, 15) is 0 Å².